The van der Waals surface area contributed by atoms with Gasteiger partial charge in [0.1, 0.15) is 6.10 Å². The Morgan fingerprint density at radius 1 is 1.22 bits per heavy atom. The number of carbonyl (C=O) groups is 1. The fourth-order valence-electron chi connectivity index (χ4n) is 3.07. The van der Waals surface area contributed by atoms with Gasteiger partial charge in [-0.3, -0.25) is 4.79 Å². The molecule has 128 valence electrons. The highest BCUT2D eigenvalue weighted by Gasteiger charge is 2.38. The summed E-state index contributed by atoms with van der Waals surface area (Å²) >= 11 is 0. The zero-order valence-electron chi connectivity index (χ0n) is 14.5. The topological polar surface area (TPSA) is 55.6 Å². The molecule has 2 N–H and O–H groups in total. The first-order valence-corrected chi connectivity index (χ1v) is 8.71. The van der Waals surface area contributed by atoms with Crippen LogP contribution in [0.3, 0.4) is 0 Å². The number of amides is 1. The number of unbranched alkanes of at least 4 members (excludes halogenated alkanes) is 3. The van der Waals surface area contributed by atoms with Gasteiger partial charge >= 0.3 is 0 Å². The molecule has 1 aromatic carbocycles. The fourth-order valence-corrected chi connectivity index (χ4v) is 3.07. The monoisotopic (exact) mass is 318 g/mol. The summed E-state index contributed by atoms with van der Waals surface area (Å²) < 4.78 is 6.01. The first-order chi connectivity index (χ1) is 11.0. The van der Waals surface area contributed by atoms with Gasteiger partial charge in [-0.05, 0) is 38.8 Å². The smallest absolute Gasteiger partial charge is 0.223 e. The number of rotatable bonds is 7. The number of morpholine rings is 1. The van der Waals surface area contributed by atoms with E-state index in [9.17, 15) is 4.79 Å². The third-order valence-corrected chi connectivity index (χ3v) is 4.53. The minimum Gasteiger partial charge on any atom is -0.369 e. The van der Waals surface area contributed by atoms with Crippen LogP contribution in [0.2, 0.25) is 0 Å². The molecule has 23 heavy (non-hydrogen) atoms. The van der Waals surface area contributed by atoms with Gasteiger partial charge in [0.05, 0.1) is 18.7 Å². The van der Waals surface area contributed by atoms with Crippen molar-refractivity contribution in [2.45, 2.75) is 57.6 Å². The lowest BCUT2D eigenvalue weighted by Gasteiger charge is -2.45. The maximum atomic E-state index is 12.7. The molecule has 0 saturated carbocycles. The van der Waals surface area contributed by atoms with E-state index in [-0.39, 0.29) is 17.6 Å². The van der Waals surface area contributed by atoms with Gasteiger partial charge in [0, 0.05) is 6.42 Å². The zero-order chi connectivity index (χ0) is 16.7. The Bertz CT molecular complexity index is 487. The molecule has 4 nitrogen and oxygen atoms in total. The average Bonchev–Trinajstić information content (AvgIpc) is 2.55. The number of carbonyl (C=O) groups excluding carboxylic acids is 1. The molecule has 0 spiro atoms. The quantitative estimate of drug-likeness (QED) is 0.785. The van der Waals surface area contributed by atoms with Crippen molar-refractivity contribution in [3.05, 3.63) is 35.9 Å². The van der Waals surface area contributed by atoms with Gasteiger partial charge < -0.3 is 15.4 Å². The molecule has 1 saturated heterocycles. The van der Waals surface area contributed by atoms with Crippen molar-refractivity contribution >= 4 is 5.91 Å². The van der Waals surface area contributed by atoms with E-state index in [0.717, 1.165) is 37.8 Å². The van der Waals surface area contributed by atoms with E-state index in [1.54, 1.807) is 0 Å². The Kier molecular flexibility index (Phi) is 6.60. The third-order valence-electron chi connectivity index (χ3n) is 4.53. The van der Waals surface area contributed by atoms with Gasteiger partial charge in [-0.1, -0.05) is 43.2 Å². The second-order valence-corrected chi connectivity index (χ2v) is 6.98. The van der Waals surface area contributed by atoms with E-state index >= 15 is 0 Å². The molecule has 4 heteroatoms. The second-order valence-electron chi connectivity index (χ2n) is 6.98. The molecular formula is C19H30N2O2. The molecule has 0 bridgehead atoms. The van der Waals surface area contributed by atoms with Gasteiger partial charge in [-0.15, -0.1) is 0 Å². The summed E-state index contributed by atoms with van der Waals surface area (Å²) in [5.41, 5.74) is 6.41. The average molecular weight is 318 g/mol. The Labute approximate surface area is 140 Å². The summed E-state index contributed by atoms with van der Waals surface area (Å²) in [5.74, 6) is 0.243. The molecule has 1 heterocycles. The molecule has 1 aliphatic rings. The molecule has 1 atom stereocenters. The van der Waals surface area contributed by atoms with Crippen molar-refractivity contribution < 1.29 is 9.53 Å². The van der Waals surface area contributed by atoms with Crippen LogP contribution in [0.4, 0.5) is 0 Å². The minimum atomic E-state index is -0.236. The van der Waals surface area contributed by atoms with Crippen LogP contribution >= 0.6 is 0 Å². The summed E-state index contributed by atoms with van der Waals surface area (Å²) in [6, 6.07) is 10.2. The van der Waals surface area contributed by atoms with Crippen LogP contribution in [-0.4, -0.2) is 36.0 Å². The molecule has 2 rings (SSSR count). The van der Waals surface area contributed by atoms with Gasteiger partial charge in [0.15, 0.2) is 0 Å². The van der Waals surface area contributed by atoms with Crippen LogP contribution in [0.15, 0.2) is 30.3 Å². The molecular weight excluding hydrogens is 288 g/mol. The summed E-state index contributed by atoms with van der Waals surface area (Å²) in [6.07, 6.45) is 4.79. The van der Waals surface area contributed by atoms with Gasteiger partial charge in [-0.25, -0.2) is 0 Å². The molecule has 1 amide bonds. The number of hydrogen-bond donors (Lipinski definition) is 1. The van der Waals surface area contributed by atoms with Gasteiger partial charge in [0.2, 0.25) is 5.91 Å². The van der Waals surface area contributed by atoms with Crippen molar-refractivity contribution in [1.82, 2.24) is 4.90 Å². The van der Waals surface area contributed by atoms with E-state index in [4.69, 9.17) is 10.5 Å². The van der Waals surface area contributed by atoms with Crippen molar-refractivity contribution in [2.75, 3.05) is 19.7 Å². The van der Waals surface area contributed by atoms with E-state index < -0.39 is 0 Å². The van der Waals surface area contributed by atoms with Crippen molar-refractivity contribution in [1.29, 1.82) is 0 Å². The lowest BCUT2D eigenvalue weighted by atomic mass is 9.97. The molecule has 1 aromatic rings. The molecule has 0 aliphatic carbocycles. The summed E-state index contributed by atoms with van der Waals surface area (Å²) in [4.78, 5) is 14.7. The van der Waals surface area contributed by atoms with E-state index in [1.165, 1.54) is 0 Å². The first kappa shape index (κ1) is 18.0. The van der Waals surface area contributed by atoms with E-state index in [2.05, 4.69) is 26.0 Å². The van der Waals surface area contributed by atoms with Crippen LogP contribution in [0.5, 0.6) is 0 Å². The highest BCUT2D eigenvalue weighted by Crippen LogP contribution is 2.31. The van der Waals surface area contributed by atoms with Crippen LogP contribution in [-0.2, 0) is 9.53 Å². The second kappa shape index (κ2) is 8.46. The molecule has 1 aliphatic heterocycles. The maximum Gasteiger partial charge on any atom is 0.223 e. The normalized spacial score (nSPS) is 20.5. The highest BCUT2D eigenvalue weighted by atomic mass is 16.5. The predicted molar refractivity (Wildman–Crippen MR) is 93.1 cm³/mol. The zero-order valence-corrected chi connectivity index (χ0v) is 14.5. The third kappa shape index (κ3) is 5.05. The van der Waals surface area contributed by atoms with Crippen molar-refractivity contribution in [3.8, 4) is 0 Å². The predicted octanol–water partition coefficient (Wildman–Crippen LogP) is 3.27. The van der Waals surface area contributed by atoms with Crippen LogP contribution in [0.25, 0.3) is 0 Å². The summed E-state index contributed by atoms with van der Waals surface area (Å²) in [5, 5.41) is 0. The lowest BCUT2D eigenvalue weighted by molar-refractivity contribution is -0.155. The maximum absolute atomic E-state index is 12.7. The molecule has 0 radical (unpaired) electrons. The number of ether oxygens (including phenoxy) is 1. The highest BCUT2D eigenvalue weighted by molar-refractivity contribution is 5.77. The lowest BCUT2D eigenvalue weighted by Crippen LogP contribution is -2.56. The standard InChI is InChI=1S/C19H30N2O2/c1-19(2)15-23-17(16-10-6-5-7-11-16)14-21(19)18(22)12-8-3-4-9-13-20/h5-7,10-11,17H,3-4,8-9,12-15,20H2,1-2H3. The molecule has 1 fully saturated rings. The number of nitrogens with zero attached hydrogens (tertiary/aromatic N) is 1. The Hall–Kier alpha value is -1.39. The Balaban J connectivity index is 1.92. The van der Waals surface area contributed by atoms with Gasteiger partial charge in [-0.2, -0.15) is 0 Å². The van der Waals surface area contributed by atoms with Crippen LogP contribution in [0.1, 0.15) is 57.6 Å². The number of nitrogens with two attached hydrogens (primary N) is 1. The Morgan fingerprint density at radius 2 is 1.91 bits per heavy atom. The van der Waals surface area contributed by atoms with Crippen LogP contribution < -0.4 is 5.73 Å². The van der Waals surface area contributed by atoms with Crippen molar-refractivity contribution in [3.63, 3.8) is 0 Å². The number of hydrogen-bond acceptors (Lipinski definition) is 3. The number of benzene rings is 1. The van der Waals surface area contributed by atoms with Crippen molar-refractivity contribution in [2.24, 2.45) is 5.73 Å². The molecule has 1 unspecified atom stereocenters. The SMILES string of the molecule is CC1(C)COC(c2ccccc2)CN1C(=O)CCCCCCN. The van der Waals surface area contributed by atoms with E-state index in [0.29, 0.717) is 19.6 Å². The summed E-state index contributed by atoms with van der Waals surface area (Å²) in [6.45, 7) is 6.12. The van der Waals surface area contributed by atoms with Crippen LogP contribution in [0, 0.1) is 0 Å². The first-order valence-electron chi connectivity index (χ1n) is 8.71. The molecule has 0 aromatic heterocycles. The fraction of sp³-hybridized carbons (Fsp3) is 0.632. The summed E-state index contributed by atoms with van der Waals surface area (Å²) in [7, 11) is 0. The largest absolute Gasteiger partial charge is 0.369 e. The Morgan fingerprint density at radius 3 is 2.61 bits per heavy atom. The van der Waals surface area contributed by atoms with E-state index in [1.807, 2.05) is 23.1 Å². The van der Waals surface area contributed by atoms with Gasteiger partial charge in [0.25, 0.3) is 0 Å². The minimum absolute atomic E-state index is 0.0228.